The number of benzene rings is 1. The molecule has 0 amide bonds. The molecule has 3 aromatic heterocycles. The van der Waals surface area contributed by atoms with Crippen molar-refractivity contribution >= 4 is 39.8 Å². The first kappa shape index (κ1) is 15.7. The summed E-state index contributed by atoms with van der Waals surface area (Å²) in [5, 5.41) is 6.28. The van der Waals surface area contributed by atoms with Crippen LogP contribution in [0.15, 0.2) is 52.6 Å². The molecule has 0 spiro atoms. The minimum Gasteiger partial charge on any atom is -0.496 e. The van der Waals surface area contributed by atoms with Crippen molar-refractivity contribution in [3.8, 4) is 16.5 Å². The van der Waals surface area contributed by atoms with Crippen LogP contribution in [0.5, 0.6) is 5.75 Å². The standard InChI is InChI=1S/C18H13N3O2S2/c1-23-13-8-3-2-6-12(13)7-4-9-15-17(22)21-18(25-15)19-16(20-21)14-10-5-11-24-14/h2-11H,1H3/b7-4+,15-9-. The number of para-hydroxylation sites is 1. The van der Waals surface area contributed by atoms with Crippen molar-refractivity contribution in [3.05, 3.63) is 68.3 Å². The van der Waals surface area contributed by atoms with Gasteiger partial charge in [0.2, 0.25) is 4.96 Å². The number of methoxy groups -OCH3 is 1. The van der Waals surface area contributed by atoms with E-state index in [1.165, 1.54) is 15.9 Å². The van der Waals surface area contributed by atoms with Gasteiger partial charge in [0.25, 0.3) is 5.56 Å². The van der Waals surface area contributed by atoms with Crippen LogP contribution in [-0.2, 0) is 0 Å². The second-order valence-corrected chi connectivity index (χ2v) is 7.10. The van der Waals surface area contributed by atoms with E-state index in [4.69, 9.17) is 4.74 Å². The van der Waals surface area contributed by atoms with Crippen LogP contribution in [0.2, 0.25) is 0 Å². The molecule has 4 rings (SSSR count). The maximum atomic E-state index is 12.5. The van der Waals surface area contributed by atoms with E-state index >= 15 is 0 Å². The van der Waals surface area contributed by atoms with Gasteiger partial charge in [-0.1, -0.05) is 47.8 Å². The molecule has 1 aromatic carbocycles. The van der Waals surface area contributed by atoms with E-state index in [0.717, 1.165) is 16.2 Å². The smallest absolute Gasteiger partial charge is 0.291 e. The normalized spacial score (nSPS) is 12.4. The molecule has 5 nitrogen and oxygen atoms in total. The molecule has 7 heteroatoms. The molecular weight excluding hydrogens is 354 g/mol. The summed E-state index contributed by atoms with van der Waals surface area (Å²) < 4.78 is 7.27. The van der Waals surface area contributed by atoms with Gasteiger partial charge in [-0.05, 0) is 23.6 Å². The Bertz CT molecular complexity index is 1160. The number of hydrogen-bond acceptors (Lipinski definition) is 6. The Morgan fingerprint density at radius 2 is 2.08 bits per heavy atom. The number of thiazole rings is 1. The zero-order valence-electron chi connectivity index (χ0n) is 13.2. The second-order valence-electron chi connectivity index (χ2n) is 5.15. The van der Waals surface area contributed by atoms with E-state index < -0.39 is 0 Å². The van der Waals surface area contributed by atoms with Gasteiger partial charge in [-0.15, -0.1) is 16.4 Å². The van der Waals surface area contributed by atoms with E-state index in [9.17, 15) is 4.79 Å². The number of rotatable bonds is 4. The third-order valence-electron chi connectivity index (χ3n) is 3.59. The second kappa shape index (κ2) is 6.62. The number of allylic oxidation sites excluding steroid dienone is 1. The minimum atomic E-state index is -0.153. The maximum Gasteiger partial charge on any atom is 0.291 e. The number of fused-ring (bicyclic) bond motifs is 1. The van der Waals surface area contributed by atoms with E-state index in [0.29, 0.717) is 15.3 Å². The van der Waals surface area contributed by atoms with Crippen molar-refractivity contribution in [2.75, 3.05) is 7.11 Å². The van der Waals surface area contributed by atoms with Crippen molar-refractivity contribution in [3.63, 3.8) is 0 Å². The SMILES string of the molecule is COc1ccccc1/C=C/C=c1\sc2nc(-c3cccs3)nn2c1=O. The first-order valence-corrected chi connectivity index (χ1v) is 9.21. The van der Waals surface area contributed by atoms with E-state index in [1.807, 2.05) is 53.9 Å². The quantitative estimate of drug-likeness (QED) is 0.556. The highest BCUT2D eigenvalue weighted by Gasteiger charge is 2.11. The van der Waals surface area contributed by atoms with Crippen molar-refractivity contribution in [1.29, 1.82) is 0 Å². The van der Waals surface area contributed by atoms with Crippen LogP contribution >= 0.6 is 22.7 Å². The molecular formula is C18H13N3O2S2. The molecule has 0 saturated carbocycles. The molecule has 0 N–H and O–H groups in total. The van der Waals surface area contributed by atoms with Gasteiger partial charge < -0.3 is 4.74 Å². The highest BCUT2D eigenvalue weighted by molar-refractivity contribution is 7.15. The van der Waals surface area contributed by atoms with Crippen LogP contribution in [0.25, 0.3) is 27.8 Å². The lowest BCUT2D eigenvalue weighted by molar-refractivity contribution is 0.414. The first-order valence-electron chi connectivity index (χ1n) is 7.51. The minimum absolute atomic E-state index is 0.153. The Labute approximate surface area is 151 Å². The lowest BCUT2D eigenvalue weighted by atomic mass is 10.2. The van der Waals surface area contributed by atoms with Crippen LogP contribution < -0.4 is 14.8 Å². The van der Waals surface area contributed by atoms with E-state index in [2.05, 4.69) is 10.1 Å². The average Bonchev–Trinajstić information content (AvgIpc) is 3.34. The van der Waals surface area contributed by atoms with Crippen LogP contribution in [0, 0.1) is 0 Å². The molecule has 0 bridgehead atoms. The maximum absolute atomic E-state index is 12.5. The Kier molecular flexibility index (Phi) is 4.17. The zero-order valence-corrected chi connectivity index (χ0v) is 14.9. The topological polar surface area (TPSA) is 56.5 Å². The largest absolute Gasteiger partial charge is 0.496 e. The molecule has 0 aliphatic carbocycles. The summed E-state index contributed by atoms with van der Waals surface area (Å²) in [6.07, 6.45) is 5.52. The number of thiophene rings is 1. The molecule has 25 heavy (non-hydrogen) atoms. The summed E-state index contributed by atoms with van der Waals surface area (Å²) in [5.74, 6) is 1.38. The Balaban J connectivity index is 1.69. The summed E-state index contributed by atoms with van der Waals surface area (Å²) in [6.45, 7) is 0. The Morgan fingerprint density at radius 1 is 1.20 bits per heavy atom. The molecule has 3 heterocycles. The van der Waals surface area contributed by atoms with Crippen molar-refractivity contribution in [1.82, 2.24) is 14.6 Å². The van der Waals surface area contributed by atoms with Crippen molar-refractivity contribution in [2.24, 2.45) is 0 Å². The molecule has 0 atom stereocenters. The van der Waals surface area contributed by atoms with Gasteiger partial charge >= 0.3 is 0 Å². The van der Waals surface area contributed by atoms with Gasteiger partial charge in [-0.25, -0.2) is 0 Å². The fourth-order valence-electron chi connectivity index (χ4n) is 2.40. The predicted molar refractivity (Wildman–Crippen MR) is 102 cm³/mol. The summed E-state index contributed by atoms with van der Waals surface area (Å²) in [6, 6.07) is 11.6. The molecule has 0 radical (unpaired) electrons. The van der Waals surface area contributed by atoms with Gasteiger partial charge in [0, 0.05) is 5.56 Å². The molecule has 124 valence electrons. The third-order valence-corrected chi connectivity index (χ3v) is 5.43. The van der Waals surface area contributed by atoms with Crippen molar-refractivity contribution in [2.45, 2.75) is 0 Å². The van der Waals surface area contributed by atoms with Crippen molar-refractivity contribution < 1.29 is 4.74 Å². The highest BCUT2D eigenvalue weighted by atomic mass is 32.1. The third kappa shape index (κ3) is 2.99. The molecule has 0 aliphatic rings. The van der Waals surface area contributed by atoms with Crippen LogP contribution in [-0.4, -0.2) is 21.7 Å². The Morgan fingerprint density at radius 3 is 2.84 bits per heavy atom. The molecule has 0 saturated heterocycles. The molecule has 4 aromatic rings. The van der Waals surface area contributed by atoms with Gasteiger partial charge in [0.05, 0.1) is 16.5 Å². The summed E-state index contributed by atoms with van der Waals surface area (Å²) in [5.41, 5.74) is 0.799. The average molecular weight is 367 g/mol. The first-order chi connectivity index (χ1) is 12.3. The van der Waals surface area contributed by atoms with E-state index in [-0.39, 0.29) is 5.56 Å². The number of aromatic nitrogens is 3. The lowest BCUT2D eigenvalue weighted by Crippen LogP contribution is -2.23. The molecule has 0 aliphatic heterocycles. The Hall–Kier alpha value is -2.77. The van der Waals surface area contributed by atoms with Gasteiger partial charge in [0.1, 0.15) is 5.75 Å². The predicted octanol–water partition coefficient (Wildman–Crippen LogP) is 3.10. The molecule has 0 fully saturated rings. The summed E-state index contributed by atoms with van der Waals surface area (Å²) in [4.78, 5) is 18.5. The van der Waals surface area contributed by atoms with E-state index in [1.54, 1.807) is 24.5 Å². The highest BCUT2D eigenvalue weighted by Crippen LogP contribution is 2.21. The van der Waals surface area contributed by atoms with Gasteiger partial charge in [0.15, 0.2) is 5.82 Å². The fourth-order valence-corrected chi connectivity index (χ4v) is 3.91. The van der Waals surface area contributed by atoms with Crippen LogP contribution in [0.4, 0.5) is 0 Å². The van der Waals surface area contributed by atoms with Gasteiger partial charge in [-0.2, -0.15) is 9.50 Å². The summed E-state index contributed by atoms with van der Waals surface area (Å²) in [7, 11) is 1.64. The molecule has 0 unspecified atom stereocenters. The number of hydrogen-bond donors (Lipinski definition) is 0. The van der Waals surface area contributed by atoms with Gasteiger partial charge in [-0.3, -0.25) is 4.79 Å². The lowest BCUT2D eigenvalue weighted by Gasteiger charge is -2.02. The van der Waals surface area contributed by atoms with Crippen LogP contribution in [0.1, 0.15) is 5.56 Å². The van der Waals surface area contributed by atoms with Crippen LogP contribution in [0.3, 0.4) is 0 Å². The fraction of sp³-hybridized carbons (Fsp3) is 0.0556. The zero-order chi connectivity index (χ0) is 17.2. The number of nitrogens with zero attached hydrogens (tertiary/aromatic N) is 3. The summed E-state index contributed by atoms with van der Waals surface area (Å²) >= 11 is 2.88. The monoisotopic (exact) mass is 367 g/mol. The number of ether oxygens (including phenoxy) is 1.